The van der Waals surface area contributed by atoms with Crippen LogP contribution in [0, 0.1) is 17.8 Å². The fraction of sp³-hybridized carbons (Fsp3) is 0.588. The number of Topliss-reactive ketones (excluding diaryl/α,β-unsaturated/α-hetero) is 1. The van der Waals surface area contributed by atoms with Crippen LogP contribution in [0.15, 0.2) is 36.8 Å². The second-order valence-electron chi connectivity index (χ2n) is 13.0. The van der Waals surface area contributed by atoms with E-state index in [0.29, 0.717) is 23.4 Å². The van der Waals surface area contributed by atoms with Gasteiger partial charge in [0.2, 0.25) is 23.6 Å². The van der Waals surface area contributed by atoms with Gasteiger partial charge in [0.15, 0.2) is 5.78 Å². The summed E-state index contributed by atoms with van der Waals surface area (Å²) in [5.74, 6) is -2.47. The van der Waals surface area contributed by atoms with Crippen LogP contribution in [0.1, 0.15) is 70.4 Å². The van der Waals surface area contributed by atoms with Crippen LogP contribution in [0.5, 0.6) is 5.75 Å². The third-order valence-electron chi connectivity index (χ3n) is 8.85. The molecule has 7 atom stereocenters. The first kappa shape index (κ1) is 37.2. The number of carbonyl (C=O) groups is 5. The molecule has 0 aliphatic carbocycles. The molecular formula is C34H51N7O6. The molecule has 0 fully saturated rings. The summed E-state index contributed by atoms with van der Waals surface area (Å²) in [6, 6.07) is 2.66. The van der Waals surface area contributed by atoms with Crippen molar-refractivity contribution in [2.45, 2.75) is 91.1 Å². The van der Waals surface area contributed by atoms with Crippen LogP contribution in [0.25, 0.3) is 0 Å². The zero-order valence-corrected chi connectivity index (χ0v) is 28.8. The number of benzene rings is 1. The van der Waals surface area contributed by atoms with Crippen molar-refractivity contribution in [1.29, 1.82) is 0 Å². The van der Waals surface area contributed by atoms with Crippen molar-refractivity contribution in [2.75, 3.05) is 20.6 Å². The number of hydrogen-bond donors (Lipinski definition) is 5. The Morgan fingerprint density at radius 2 is 1.64 bits per heavy atom. The number of H-pyrrole nitrogens is 1. The van der Waals surface area contributed by atoms with E-state index in [1.807, 2.05) is 60.5 Å². The zero-order chi connectivity index (χ0) is 34.8. The number of nitrogens with one attached hydrogen (secondary N) is 5. The number of aromatic nitrogens is 2. The molecule has 13 nitrogen and oxygen atoms in total. The maximum atomic E-state index is 14.2. The molecule has 3 heterocycles. The van der Waals surface area contributed by atoms with Crippen LogP contribution in [0.4, 0.5) is 0 Å². The Hall–Kier alpha value is -4.26. The normalized spacial score (nSPS) is 21.6. The first-order chi connectivity index (χ1) is 22.3. The summed E-state index contributed by atoms with van der Waals surface area (Å²) < 4.78 is 6.33. The summed E-state index contributed by atoms with van der Waals surface area (Å²) in [6.45, 7) is 11.2. The number of likely N-dealkylation sites (N-methyl/N-ethyl adjacent to an activating group) is 1. The predicted molar refractivity (Wildman–Crippen MR) is 178 cm³/mol. The van der Waals surface area contributed by atoms with Crippen LogP contribution in [0.2, 0.25) is 0 Å². The van der Waals surface area contributed by atoms with E-state index in [1.54, 1.807) is 24.3 Å². The van der Waals surface area contributed by atoms with Crippen molar-refractivity contribution >= 4 is 29.4 Å². The molecule has 0 saturated carbocycles. The quantitative estimate of drug-likeness (QED) is 0.231. The van der Waals surface area contributed by atoms with E-state index in [1.165, 1.54) is 12.5 Å². The Morgan fingerprint density at radius 3 is 2.19 bits per heavy atom. The van der Waals surface area contributed by atoms with Crippen molar-refractivity contribution in [3.05, 3.63) is 48.0 Å². The summed E-state index contributed by atoms with van der Waals surface area (Å²) in [5.41, 5.74) is 0.969. The van der Waals surface area contributed by atoms with E-state index >= 15 is 0 Å². The van der Waals surface area contributed by atoms with Crippen LogP contribution >= 0.6 is 0 Å². The monoisotopic (exact) mass is 653 g/mol. The molecule has 258 valence electrons. The van der Waals surface area contributed by atoms with Gasteiger partial charge in [0.05, 0.1) is 18.9 Å². The van der Waals surface area contributed by atoms with E-state index in [4.69, 9.17) is 4.74 Å². The van der Waals surface area contributed by atoms with Gasteiger partial charge in [-0.15, -0.1) is 0 Å². The van der Waals surface area contributed by atoms with Crippen LogP contribution in [0.3, 0.4) is 0 Å². The van der Waals surface area contributed by atoms with Gasteiger partial charge in [-0.25, -0.2) is 4.98 Å². The van der Waals surface area contributed by atoms with Crippen LogP contribution in [-0.2, 0) is 25.6 Å². The standard InChI is InChI=1S/C34H51N7O6/c1-9-20(5)27(39-34(46)29(41(7)8)21(6)10-2)32(44)40-28-30(19(3)4)47-24-13-11-22(12-14-24)26(42)17-36-31(43)25(38-33(28)45)15-23-16-35-18-37-23/h11-14,16,18-21,25,27-30H,9-10,15,17H2,1-8H3,(H,35,37)(H,36,43)(H,38,45)(H,39,46)(H,40,44)/t20-,21-,25-,27-,28-,29-,30-/m0/s1. The second kappa shape index (κ2) is 17.1. The smallest absolute Gasteiger partial charge is 0.247 e. The Bertz CT molecular complexity index is 1360. The molecule has 1 aromatic heterocycles. The molecule has 0 spiro atoms. The lowest BCUT2D eigenvalue weighted by atomic mass is 9.93. The van der Waals surface area contributed by atoms with Crippen LogP contribution < -0.4 is 26.0 Å². The molecule has 13 heteroatoms. The lowest BCUT2D eigenvalue weighted by Gasteiger charge is -2.35. The molecule has 2 aliphatic heterocycles. The minimum atomic E-state index is -1.26. The lowest BCUT2D eigenvalue weighted by molar-refractivity contribution is -0.137. The van der Waals surface area contributed by atoms with E-state index in [0.717, 1.165) is 6.42 Å². The molecule has 1 aromatic carbocycles. The Balaban J connectivity index is 2.02. The highest BCUT2D eigenvalue weighted by Crippen LogP contribution is 2.21. The third-order valence-corrected chi connectivity index (χ3v) is 8.85. The van der Waals surface area contributed by atoms with Crippen LogP contribution in [-0.4, -0.2) is 95.2 Å². The van der Waals surface area contributed by atoms with Gasteiger partial charge in [-0.3, -0.25) is 28.9 Å². The van der Waals surface area contributed by atoms with Crippen molar-refractivity contribution < 1.29 is 28.7 Å². The van der Waals surface area contributed by atoms with Gasteiger partial charge in [-0.05, 0) is 56.1 Å². The minimum Gasteiger partial charge on any atom is -0.487 e. The predicted octanol–water partition coefficient (Wildman–Crippen LogP) is 1.85. The average Bonchev–Trinajstić information content (AvgIpc) is 3.55. The summed E-state index contributed by atoms with van der Waals surface area (Å²) in [6.07, 6.45) is 3.53. The molecule has 0 radical (unpaired) electrons. The molecule has 4 amide bonds. The summed E-state index contributed by atoms with van der Waals surface area (Å²) in [5, 5.41) is 11.3. The van der Waals surface area contributed by atoms with Crippen molar-refractivity contribution in [3.8, 4) is 5.75 Å². The molecule has 0 unspecified atom stereocenters. The number of aromatic amines is 1. The first-order valence-corrected chi connectivity index (χ1v) is 16.4. The fourth-order valence-corrected chi connectivity index (χ4v) is 5.65. The van der Waals surface area contributed by atoms with E-state index in [9.17, 15) is 24.0 Å². The third kappa shape index (κ3) is 9.87. The number of carbonyl (C=O) groups excluding carboxylic acids is 5. The average molecular weight is 654 g/mol. The van der Waals surface area contributed by atoms with Gasteiger partial charge in [0, 0.05) is 23.9 Å². The minimum absolute atomic E-state index is 0.0365. The fourth-order valence-electron chi connectivity index (χ4n) is 5.65. The molecule has 0 saturated heterocycles. The maximum Gasteiger partial charge on any atom is 0.247 e. The van der Waals surface area contributed by atoms with Gasteiger partial charge in [-0.1, -0.05) is 54.4 Å². The number of rotatable bonds is 12. The van der Waals surface area contributed by atoms with Crippen molar-refractivity contribution in [1.82, 2.24) is 36.1 Å². The highest BCUT2D eigenvalue weighted by Gasteiger charge is 2.39. The number of ketones is 1. The van der Waals surface area contributed by atoms with E-state index in [-0.39, 0.29) is 42.4 Å². The topological polar surface area (TPSA) is 175 Å². The second-order valence-corrected chi connectivity index (χ2v) is 13.0. The molecule has 47 heavy (non-hydrogen) atoms. The summed E-state index contributed by atoms with van der Waals surface area (Å²) in [7, 11) is 3.66. The van der Waals surface area contributed by atoms with Gasteiger partial charge in [-0.2, -0.15) is 0 Å². The zero-order valence-electron chi connectivity index (χ0n) is 28.8. The molecule has 5 N–H and O–H groups in total. The largest absolute Gasteiger partial charge is 0.487 e. The van der Waals surface area contributed by atoms with Crippen molar-refractivity contribution in [2.24, 2.45) is 17.8 Å². The molecule has 2 aromatic rings. The number of fused-ring (bicyclic) bond motifs is 11. The molecule has 2 bridgehead atoms. The summed E-state index contributed by atoms with van der Waals surface area (Å²) in [4.78, 5) is 76.8. The molecule has 2 aliphatic rings. The number of hydrogen-bond acceptors (Lipinski definition) is 8. The number of ether oxygens (including phenoxy) is 1. The van der Waals surface area contributed by atoms with Gasteiger partial charge in [0.25, 0.3) is 0 Å². The lowest BCUT2D eigenvalue weighted by Crippen LogP contribution is -2.63. The summed E-state index contributed by atoms with van der Waals surface area (Å²) >= 11 is 0. The van der Waals surface area contributed by atoms with E-state index < -0.39 is 48.0 Å². The van der Waals surface area contributed by atoms with Gasteiger partial charge >= 0.3 is 0 Å². The van der Waals surface area contributed by atoms with Gasteiger partial charge < -0.3 is 31.0 Å². The van der Waals surface area contributed by atoms with E-state index in [2.05, 4.69) is 31.2 Å². The SMILES string of the molecule is CC[C@H](C)[C@H](NC(=O)[C@H]([C@@H](C)CC)N(C)C)C(=O)N[C@@H]1C(=O)N[C@@H](Cc2cnc[nH]2)C(=O)NCC(=O)c2ccc(cc2)O[C@H]1C(C)C. The number of imidazole rings is 1. The Kier molecular flexibility index (Phi) is 13.5. The highest BCUT2D eigenvalue weighted by atomic mass is 16.5. The highest BCUT2D eigenvalue weighted by molar-refractivity contribution is 6.00. The molecular weight excluding hydrogens is 602 g/mol. The maximum absolute atomic E-state index is 14.2. The number of nitrogens with zero attached hydrogens (tertiary/aromatic N) is 2. The first-order valence-electron chi connectivity index (χ1n) is 16.4. The Morgan fingerprint density at radius 1 is 0.979 bits per heavy atom. The Labute approximate surface area is 277 Å². The molecule has 4 rings (SSSR count). The number of amides is 4. The van der Waals surface area contributed by atoms with Gasteiger partial charge in [0.1, 0.15) is 30.0 Å². The van der Waals surface area contributed by atoms with Crippen molar-refractivity contribution in [3.63, 3.8) is 0 Å².